The molecule has 0 aliphatic heterocycles. The van der Waals surface area contributed by atoms with Crippen molar-refractivity contribution in [2.24, 2.45) is 5.92 Å². The van der Waals surface area contributed by atoms with E-state index in [0.717, 1.165) is 5.69 Å². The summed E-state index contributed by atoms with van der Waals surface area (Å²) in [6, 6.07) is 3.67. The molecule has 0 aromatic carbocycles. The summed E-state index contributed by atoms with van der Waals surface area (Å²) in [7, 11) is 0. The largest absolute Gasteiger partial charge is 0.443 e. The van der Waals surface area contributed by atoms with Gasteiger partial charge in [-0.2, -0.15) is 5.10 Å². The van der Waals surface area contributed by atoms with E-state index in [0.29, 0.717) is 12.2 Å². The Balaban J connectivity index is 2.36. The molecule has 0 aliphatic rings. The normalized spacial score (nSPS) is 11.6. The molecule has 6 nitrogen and oxygen atoms in total. The summed E-state index contributed by atoms with van der Waals surface area (Å²) < 4.78 is 7.10. The first-order chi connectivity index (χ1) is 11.2. The van der Waals surface area contributed by atoms with Crippen LogP contribution >= 0.6 is 11.6 Å². The number of carbonyl (C=O) groups excluding carboxylic acids is 1. The molecule has 2 aromatic rings. The lowest BCUT2D eigenvalue weighted by Gasteiger charge is -2.27. The highest BCUT2D eigenvalue weighted by Crippen LogP contribution is 2.28. The molecule has 0 bridgehead atoms. The molecular weight excluding hydrogens is 328 g/mol. The van der Waals surface area contributed by atoms with E-state index < -0.39 is 11.7 Å². The number of carbonyl (C=O) groups is 1. The standard InChI is InChI=1S/C17H23ClN4O2/c1-12(2)10-21(16(23)24-17(3,4)5)14-11-22(20-15(14)18)13-7-6-8-19-9-13/h6-9,11-12H,10H2,1-5H3. The van der Waals surface area contributed by atoms with Gasteiger partial charge in [0.05, 0.1) is 18.1 Å². The Morgan fingerprint density at radius 1 is 1.42 bits per heavy atom. The molecule has 0 N–H and O–H groups in total. The van der Waals surface area contributed by atoms with Crippen LogP contribution in [-0.4, -0.2) is 33.0 Å². The molecule has 0 unspecified atom stereocenters. The van der Waals surface area contributed by atoms with Crippen LogP contribution in [-0.2, 0) is 4.74 Å². The minimum atomic E-state index is -0.585. The predicted molar refractivity (Wildman–Crippen MR) is 94.8 cm³/mol. The molecule has 2 rings (SSSR count). The SMILES string of the molecule is CC(C)CN(C(=O)OC(C)(C)C)c1cn(-c2cccnc2)nc1Cl. The van der Waals surface area contributed by atoms with Gasteiger partial charge in [0.15, 0.2) is 5.15 Å². The fraction of sp³-hybridized carbons (Fsp3) is 0.471. The maximum atomic E-state index is 12.6. The highest BCUT2D eigenvalue weighted by molar-refractivity contribution is 6.32. The Morgan fingerprint density at radius 2 is 2.12 bits per heavy atom. The number of hydrogen-bond donors (Lipinski definition) is 0. The van der Waals surface area contributed by atoms with Gasteiger partial charge < -0.3 is 4.74 Å². The van der Waals surface area contributed by atoms with E-state index in [1.165, 1.54) is 4.90 Å². The summed E-state index contributed by atoms with van der Waals surface area (Å²) in [6.45, 7) is 10.0. The number of anilines is 1. The van der Waals surface area contributed by atoms with Crippen LogP contribution in [0.3, 0.4) is 0 Å². The van der Waals surface area contributed by atoms with Gasteiger partial charge in [-0.15, -0.1) is 0 Å². The second-order valence-electron chi connectivity index (χ2n) is 6.95. The fourth-order valence-corrected chi connectivity index (χ4v) is 2.33. The van der Waals surface area contributed by atoms with Gasteiger partial charge >= 0.3 is 6.09 Å². The quantitative estimate of drug-likeness (QED) is 0.824. The van der Waals surface area contributed by atoms with E-state index in [2.05, 4.69) is 10.1 Å². The number of pyridine rings is 1. The van der Waals surface area contributed by atoms with Gasteiger partial charge in [-0.05, 0) is 38.8 Å². The summed E-state index contributed by atoms with van der Waals surface area (Å²) in [5, 5.41) is 4.52. The van der Waals surface area contributed by atoms with Crippen molar-refractivity contribution in [3.63, 3.8) is 0 Å². The smallest absolute Gasteiger partial charge is 0.414 e. The lowest BCUT2D eigenvalue weighted by atomic mass is 10.2. The molecule has 0 radical (unpaired) electrons. The minimum absolute atomic E-state index is 0.241. The first-order valence-electron chi connectivity index (χ1n) is 7.83. The maximum Gasteiger partial charge on any atom is 0.414 e. The molecule has 24 heavy (non-hydrogen) atoms. The molecule has 0 aliphatic carbocycles. The van der Waals surface area contributed by atoms with Crippen molar-refractivity contribution >= 4 is 23.4 Å². The summed E-state index contributed by atoms with van der Waals surface area (Å²) in [5.74, 6) is 0.246. The second kappa shape index (κ2) is 7.21. The molecule has 130 valence electrons. The highest BCUT2D eigenvalue weighted by Gasteiger charge is 2.27. The molecule has 1 amide bonds. The molecule has 0 atom stereocenters. The summed E-state index contributed by atoms with van der Waals surface area (Å²) in [6.07, 6.45) is 4.63. The Labute approximate surface area is 147 Å². The number of rotatable bonds is 4. The van der Waals surface area contributed by atoms with Gasteiger partial charge in [0.1, 0.15) is 11.3 Å². The minimum Gasteiger partial charge on any atom is -0.443 e. The Morgan fingerprint density at radius 3 is 2.67 bits per heavy atom. The topological polar surface area (TPSA) is 60.2 Å². The molecule has 0 spiro atoms. The summed E-state index contributed by atoms with van der Waals surface area (Å²) in [4.78, 5) is 18.2. The monoisotopic (exact) mass is 350 g/mol. The average molecular weight is 351 g/mol. The van der Waals surface area contributed by atoms with E-state index in [4.69, 9.17) is 16.3 Å². The zero-order valence-electron chi connectivity index (χ0n) is 14.7. The van der Waals surface area contributed by atoms with Crippen LogP contribution in [0.15, 0.2) is 30.7 Å². The molecule has 0 saturated heterocycles. The number of amides is 1. The predicted octanol–water partition coefficient (Wildman–Crippen LogP) is 4.32. The van der Waals surface area contributed by atoms with Gasteiger partial charge in [-0.25, -0.2) is 9.48 Å². The van der Waals surface area contributed by atoms with E-state index in [1.807, 2.05) is 46.8 Å². The van der Waals surface area contributed by atoms with Crippen LogP contribution in [0.25, 0.3) is 5.69 Å². The molecule has 0 saturated carbocycles. The van der Waals surface area contributed by atoms with Crippen molar-refractivity contribution in [2.45, 2.75) is 40.2 Å². The van der Waals surface area contributed by atoms with Crippen molar-refractivity contribution in [2.75, 3.05) is 11.4 Å². The van der Waals surface area contributed by atoms with Gasteiger partial charge in [0.2, 0.25) is 0 Å². The summed E-state index contributed by atoms with van der Waals surface area (Å²) in [5.41, 5.74) is 0.695. The first-order valence-corrected chi connectivity index (χ1v) is 8.21. The summed E-state index contributed by atoms with van der Waals surface area (Å²) >= 11 is 6.29. The number of halogens is 1. The van der Waals surface area contributed by atoms with E-state index >= 15 is 0 Å². The van der Waals surface area contributed by atoms with Crippen molar-refractivity contribution < 1.29 is 9.53 Å². The molecule has 7 heteroatoms. The zero-order chi connectivity index (χ0) is 17.9. The highest BCUT2D eigenvalue weighted by atomic mass is 35.5. The second-order valence-corrected chi connectivity index (χ2v) is 7.30. The number of nitrogens with zero attached hydrogens (tertiary/aromatic N) is 4. The van der Waals surface area contributed by atoms with Crippen LogP contribution in [0.2, 0.25) is 5.15 Å². The first kappa shape index (κ1) is 18.3. The fourth-order valence-electron chi connectivity index (χ4n) is 2.10. The van der Waals surface area contributed by atoms with Crippen molar-refractivity contribution in [1.82, 2.24) is 14.8 Å². The van der Waals surface area contributed by atoms with Gasteiger partial charge in [0, 0.05) is 12.7 Å². The van der Waals surface area contributed by atoms with Crippen LogP contribution in [0.4, 0.5) is 10.5 Å². The maximum absolute atomic E-state index is 12.6. The van der Waals surface area contributed by atoms with Crippen molar-refractivity contribution in [3.05, 3.63) is 35.9 Å². The van der Waals surface area contributed by atoms with E-state index in [9.17, 15) is 4.79 Å². The van der Waals surface area contributed by atoms with Gasteiger partial charge in [0.25, 0.3) is 0 Å². The van der Waals surface area contributed by atoms with Crippen molar-refractivity contribution in [3.8, 4) is 5.69 Å². The molecule has 2 heterocycles. The van der Waals surface area contributed by atoms with Crippen molar-refractivity contribution in [1.29, 1.82) is 0 Å². The molecule has 0 fully saturated rings. The lowest BCUT2D eigenvalue weighted by molar-refractivity contribution is 0.0576. The van der Waals surface area contributed by atoms with Crippen LogP contribution < -0.4 is 4.90 Å². The van der Waals surface area contributed by atoms with E-state index in [-0.39, 0.29) is 11.1 Å². The number of ether oxygens (including phenoxy) is 1. The number of aromatic nitrogens is 3. The number of hydrogen-bond acceptors (Lipinski definition) is 4. The van der Waals surface area contributed by atoms with E-state index in [1.54, 1.807) is 23.3 Å². The third kappa shape index (κ3) is 4.71. The van der Waals surface area contributed by atoms with Crippen LogP contribution in [0.5, 0.6) is 0 Å². The average Bonchev–Trinajstić information content (AvgIpc) is 2.85. The molecular formula is C17H23ClN4O2. The van der Waals surface area contributed by atoms with Gasteiger partial charge in [-0.1, -0.05) is 25.4 Å². The van der Waals surface area contributed by atoms with Crippen LogP contribution in [0.1, 0.15) is 34.6 Å². The third-order valence-electron chi connectivity index (χ3n) is 3.01. The zero-order valence-corrected chi connectivity index (χ0v) is 15.4. The Kier molecular flexibility index (Phi) is 5.49. The Bertz CT molecular complexity index is 692. The Hall–Kier alpha value is -2.08. The molecule has 2 aromatic heterocycles. The third-order valence-corrected chi connectivity index (χ3v) is 3.28. The van der Waals surface area contributed by atoms with Crippen LogP contribution in [0, 0.1) is 5.92 Å². The lowest BCUT2D eigenvalue weighted by Crippen LogP contribution is -2.39. The van der Waals surface area contributed by atoms with Gasteiger partial charge in [-0.3, -0.25) is 9.88 Å².